The first-order chi connectivity index (χ1) is 22.1. The van der Waals surface area contributed by atoms with Gasteiger partial charge >= 0.3 is 0 Å². The zero-order chi connectivity index (χ0) is 31.4. The second kappa shape index (κ2) is 15.9. The Hall–Kier alpha value is -4.65. The smallest absolute Gasteiger partial charge is 0.261 e. The number of benzene rings is 4. The number of hydrogen-bond donors (Lipinski definition) is 1. The van der Waals surface area contributed by atoms with Crippen molar-refractivity contribution in [3.63, 3.8) is 0 Å². The molecule has 0 spiro atoms. The molecule has 4 aromatic carbocycles. The highest BCUT2D eigenvalue weighted by molar-refractivity contribution is 5.81. The predicted molar refractivity (Wildman–Crippen MR) is 176 cm³/mol. The number of nitrogens with one attached hydrogen (secondary N) is 1. The molecule has 1 aliphatic carbocycles. The molecule has 4 aromatic rings. The number of fused-ring (bicyclic) bond motifs is 1. The van der Waals surface area contributed by atoms with Crippen LogP contribution in [0.1, 0.15) is 60.8 Å². The lowest BCUT2D eigenvalue weighted by Gasteiger charge is -2.29. The number of rotatable bonds is 15. The Bertz CT molecular complexity index is 1500. The number of carbonyl (C=O) groups excluding carboxylic acids is 1. The Labute approximate surface area is 266 Å². The maximum absolute atomic E-state index is 13.5. The summed E-state index contributed by atoms with van der Waals surface area (Å²) < 4.78 is 30.1. The van der Waals surface area contributed by atoms with Gasteiger partial charge in [-0.2, -0.15) is 0 Å². The molecule has 45 heavy (non-hydrogen) atoms. The minimum atomic E-state index is -0.679. The van der Waals surface area contributed by atoms with Gasteiger partial charge in [-0.05, 0) is 60.6 Å². The molecular weight excluding hydrogens is 566 g/mol. The molecule has 0 fully saturated rings. The fourth-order valence-electron chi connectivity index (χ4n) is 5.81. The summed E-state index contributed by atoms with van der Waals surface area (Å²) in [6.07, 6.45) is 3.52. The van der Waals surface area contributed by atoms with Gasteiger partial charge < -0.3 is 29.0 Å². The number of ether oxygens (including phenoxy) is 5. The van der Waals surface area contributed by atoms with Crippen LogP contribution in [0.25, 0.3) is 0 Å². The van der Waals surface area contributed by atoms with Crippen molar-refractivity contribution < 1.29 is 28.5 Å². The summed E-state index contributed by atoms with van der Waals surface area (Å²) >= 11 is 0. The summed E-state index contributed by atoms with van der Waals surface area (Å²) in [5.41, 5.74) is 4.54. The van der Waals surface area contributed by atoms with Crippen molar-refractivity contribution in [1.82, 2.24) is 5.32 Å². The third-order valence-electron chi connectivity index (χ3n) is 8.15. The lowest BCUT2D eigenvalue weighted by molar-refractivity contribution is -0.128. The van der Waals surface area contributed by atoms with Crippen LogP contribution < -0.4 is 29.0 Å². The summed E-state index contributed by atoms with van der Waals surface area (Å²) in [5.74, 6) is 3.00. The molecule has 0 aliphatic heterocycles. The van der Waals surface area contributed by atoms with Crippen LogP contribution in [-0.2, 0) is 24.4 Å². The molecule has 7 nitrogen and oxygen atoms in total. The minimum Gasteiger partial charge on any atom is -0.493 e. The van der Waals surface area contributed by atoms with Crippen LogP contribution in [0.4, 0.5) is 0 Å². The summed E-state index contributed by atoms with van der Waals surface area (Å²) in [5, 5.41) is 3.19. The molecule has 0 bridgehead atoms. The Morgan fingerprint density at radius 3 is 2.04 bits per heavy atom. The SMILES string of the molecule is CCCC(Oc1c(OC)cccc1OC)C(=O)NCC1CCCc2c1ccc(OCc1ccccc1)c2OCc1ccccc1. The average molecular weight is 610 g/mol. The third-order valence-corrected chi connectivity index (χ3v) is 8.15. The Morgan fingerprint density at radius 2 is 1.42 bits per heavy atom. The van der Waals surface area contributed by atoms with Crippen molar-refractivity contribution in [2.45, 2.75) is 64.3 Å². The molecule has 2 unspecified atom stereocenters. The van der Waals surface area contributed by atoms with Crippen LogP contribution in [0.5, 0.6) is 28.7 Å². The monoisotopic (exact) mass is 609 g/mol. The summed E-state index contributed by atoms with van der Waals surface area (Å²) in [6, 6.07) is 29.9. The molecule has 0 saturated carbocycles. The number of amides is 1. The Kier molecular flexibility index (Phi) is 11.2. The second-order valence-electron chi connectivity index (χ2n) is 11.2. The predicted octanol–water partition coefficient (Wildman–Crippen LogP) is 7.65. The molecule has 7 heteroatoms. The lowest BCUT2D eigenvalue weighted by atomic mass is 9.82. The van der Waals surface area contributed by atoms with Crippen LogP contribution in [-0.4, -0.2) is 32.8 Å². The number of carbonyl (C=O) groups is 1. The van der Waals surface area contributed by atoms with Gasteiger partial charge in [0.2, 0.25) is 5.75 Å². The molecule has 1 N–H and O–H groups in total. The van der Waals surface area contributed by atoms with Crippen molar-refractivity contribution >= 4 is 5.91 Å². The standard InChI is InChI=1S/C38H43NO6/c1-4-13-35(45-37-32(41-2)20-12-21-33(37)42-3)38(40)39-24-29-18-11-19-31-30(29)22-23-34(43-25-27-14-7-5-8-15-27)36(31)44-26-28-16-9-6-10-17-28/h5-10,12,14-17,20-23,29,35H,4,11,13,18-19,24-26H2,1-3H3,(H,39,40). The van der Waals surface area contributed by atoms with Gasteiger partial charge in [-0.15, -0.1) is 0 Å². The van der Waals surface area contributed by atoms with Gasteiger partial charge in [-0.1, -0.05) is 86.1 Å². The maximum atomic E-state index is 13.5. The highest BCUT2D eigenvalue weighted by Crippen LogP contribution is 2.43. The van der Waals surface area contributed by atoms with Crippen molar-refractivity contribution in [2.75, 3.05) is 20.8 Å². The van der Waals surface area contributed by atoms with Crippen LogP contribution in [0.3, 0.4) is 0 Å². The average Bonchev–Trinajstić information content (AvgIpc) is 3.09. The van der Waals surface area contributed by atoms with Gasteiger partial charge in [0.15, 0.2) is 29.1 Å². The van der Waals surface area contributed by atoms with Gasteiger partial charge in [0, 0.05) is 18.0 Å². The van der Waals surface area contributed by atoms with E-state index in [1.54, 1.807) is 26.4 Å². The van der Waals surface area contributed by atoms with Crippen LogP contribution >= 0.6 is 0 Å². The van der Waals surface area contributed by atoms with E-state index in [2.05, 4.69) is 35.6 Å². The number of para-hydroxylation sites is 1. The number of hydrogen-bond acceptors (Lipinski definition) is 6. The molecule has 0 heterocycles. The van der Waals surface area contributed by atoms with Crippen molar-refractivity contribution in [3.05, 3.63) is 113 Å². The zero-order valence-electron chi connectivity index (χ0n) is 26.4. The first-order valence-electron chi connectivity index (χ1n) is 15.8. The van der Waals surface area contributed by atoms with Gasteiger partial charge in [0.1, 0.15) is 13.2 Å². The summed E-state index contributed by atoms with van der Waals surface area (Å²) in [4.78, 5) is 13.5. The van der Waals surface area contributed by atoms with E-state index >= 15 is 0 Å². The van der Waals surface area contributed by atoms with E-state index in [1.165, 1.54) is 5.56 Å². The Balaban J connectivity index is 1.34. The third kappa shape index (κ3) is 8.09. The molecule has 0 radical (unpaired) electrons. The minimum absolute atomic E-state index is 0.142. The second-order valence-corrected chi connectivity index (χ2v) is 11.2. The van der Waals surface area contributed by atoms with E-state index in [1.807, 2.05) is 55.5 Å². The van der Waals surface area contributed by atoms with Gasteiger partial charge in [0.05, 0.1) is 14.2 Å². The highest BCUT2D eigenvalue weighted by Gasteiger charge is 2.28. The molecule has 0 saturated heterocycles. The van der Waals surface area contributed by atoms with Crippen LogP contribution in [0.15, 0.2) is 91.0 Å². The van der Waals surface area contributed by atoms with Crippen LogP contribution in [0, 0.1) is 0 Å². The fraction of sp³-hybridized carbons (Fsp3) is 0.342. The van der Waals surface area contributed by atoms with E-state index < -0.39 is 6.10 Å². The van der Waals surface area contributed by atoms with Crippen molar-refractivity contribution in [2.24, 2.45) is 0 Å². The normalized spacial score (nSPS) is 14.5. The zero-order valence-corrected chi connectivity index (χ0v) is 26.4. The highest BCUT2D eigenvalue weighted by atomic mass is 16.5. The van der Waals surface area contributed by atoms with Crippen LogP contribution in [0.2, 0.25) is 0 Å². The first-order valence-corrected chi connectivity index (χ1v) is 15.8. The van der Waals surface area contributed by atoms with Gasteiger partial charge in [-0.25, -0.2) is 0 Å². The lowest BCUT2D eigenvalue weighted by Crippen LogP contribution is -2.40. The maximum Gasteiger partial charge on any atom is 0.261 e. The summed E-state index contributed by atoms with van der Waals surface area (Å²) in [7, 11) is 3.15. The van der Waals surface area contributed by atoms with E-state index in [4.69, 9.17) is 23.7 Å². The van der Waals surface area contributed by atoms with Gasteiger partial charge in [0.25, 0.3) is 5.91 Å². The molecule has 236 valence electrons. The quantitative estimate of drug-likeness (QED) is 0.149. The molecule has 0 aromatic heterocycles. The Morgan fingerprint density at radius 1 is 0.778 bits per heavy atom. The molecular formula is C38H43NO6. The number of methoxy groups -OCH3 is 2. The fourth-order valence-corrected chi connectivity index (χ4v) is 5.81. The topological polar surface area (TPSA) is 75.3 Å². The summed E-state index contributed by atoms with van der Waals surface area (Å²) in [6.45, 7) is 3.44. The molecule has 2 atom stereocenters. The molecule has 1 amide bonds. The van der Waals surface area contributed by atoms with E-state index in [9.17, 15) is 4.79 Å². The molecule has 1 aliphatic rings. The van der Waals surface area contributed by atoms with Crippen molar-refractivity contribution in [3.8, 4) is 28.7 Å². The molecule has 5 rings (SSSR count). The van der Waals surface area contributed by atoms with E-state index in [0.29, 0.717) is 43.4 Å². The van der Waals surface area contributed by atoms with Gasteiger partial charge in [-0.3, -0.25) is 4.79 Å². The van der Waals surface area contributed by atoms with Crippen molar-refractivity contribution in [1.29, 1.82) is 0 Å². The first kappa shape index (κ1) is 31.8. The largest absolute Gasteiger partial charge is 0.493 e. The van der Waals surface area contributed by atoms with E-state index in [0.717, 1.165) is 53.9 Å². The van der Waals surface area contributed by atoms with E-state index in [-0.39, 0.29) is 11.8 Å².